The van der Waals surface area contributed by atoms with Crippen LogP contribution < -0.4 is 4.74 Å². The Hall–Kier alpha value is -2.90. The maximum absolute atomic E-state index is 12.0. The number of hydrogen-bond donors (Lipinski definition) is 1. The lowest BCUT2D eigenvalue weighted by molar-refractivity contribution is -0.178. The minimum Gasteiger partial charge on any atom is -0.452 e. The number of halogens is 1. The Bertz CT molecular complexity index is 1090. The molecule has 8 heteroatoms. The molecule has 0 fully saturated rings. The lowest BCUT2D eigenvalue weighted by atomic mass is 9.89. The van der Waals surface area contributed by atoms with E-state index in [4.69, 9.17) is 21.1 Å². The molecule has 0 radical (unpaired) electrons. The molecule has 3 aromatic rings. The van der Waals surface area contributed by atoms with Crippen LogP contribution in [0, 0.1) is 5.41 Å². The molecule has 2 unspecified atom stereocenters. The molecule has 2 aromatic carbocycles. The van der Waals surface area contributed by atoms with Gasteiger partial charge in [-0.05, 0) is 61.2 Å². The van der Waals surface area contributed by atoms with Crippen molar-refractivity contribution in [3.8, 4) is 11.4 Å². The van der Waals surface area contributed by atoms with Gasteiger partial charge in [0.25, 0.3) is 6.29 Å². The van der Waals surface area contributed by atoms with Gasteiger partial charge in [-0.2, -0.15) is 4.80 Å². The van der Waals surface area contributed by atoms with Crippen LogP contribution in [0.1, 0.15) is 34.1 Å². The van der Waals surface area contributed by atoms with Crippen molar-refractivity contribution in [2.24, 2.45) is 5.41 Å². The van der Waals surface area contributed by atoms with E-state index in [1.165, 1.54) is 4.80 Å². The zero-order chi connectivity index (χ0) is 22.8. The number of hydrogen-bond acceptors (Lipinski definition) is 6. The fourth-order valence-electron chi connectivity index (χ4n) is 2.91. The fourth-order valence-corrected chi connectivity index (χ4v) is 3.07. The maximum atomic E-state index is 12.0. The molecule has 1 N–H and O–H groups in total. The van der Waals surface area contributed by atoms with Crippen molar-refractivity contribution < 1.29 is 19.4 Å². The number of aromatic nitrogens is 3. The fraction of sp³-hybridized carbons (Fsp3) is 0.348. The van der Waals surface area contributed by atoms with Crippen LogP contribution in [-0.2, 0) is 9.53 Å². The van der Waals surface area contributed by atoms with Gasteiger partial charge in [-0.25, -0.2) is 4.79 Å². The Morgan fingerprint density at radius 2 is 1.81 bits per heavy atom. The number of nitrogens with zero attached hydrogens (tertiary/aromatic N) is 3. The first kappa shape index (κ1) is 22.8. The van der Waals surface area contributed by atoms with E-state index in [2.05, 4.69) is 16.8 Å². The number of aliphatic hydroxyl groups is 1. The number of aliphatic hydroxyl groups excluding tert-OH is 1. The number of esters is 1. The molecule has 164 valence electrons. The Kier molecular flexibility index (Phi) is 6.67. The smallest absolute Gasteiger partial charge is 0.336 e. The van der Waals surface area contributed by atoms with Crippen LogP contribution in [0.5, 0.6) is 5.75 Å². The zero-order valence-corrected chi connectivity index (χ0v) is 18.8. The van der Waals surface area contributed by atoms with E-state index < -0.39 is 18.4 Å². The molecule has 0 saturated carbocycles. The molecule has 7 nitrogen and oxygen atoms in total. The largest absolute Gasteiger partial charge is 0.452 e. The molecule has 0 bridgehead atoms. The third-order valence-corrected chi connectivity index (χ3v) is 4.60. The minimum absolute atomic E-state index is 0.183. The van der Waals surface area contributed by atoms with Crippen molar-refractivity contribution >= 4 is 28.6 Å². The van der Waals surface area contributed by atoms with E-state index in [1.807, 2.05) is 20.8 Å². The molecule has 2 atom stereocenters. The first-order chi connectivity index (χ1) is 14.5. The summed E-state index contributed by atoms with van der Waals surface area (Å²) >= 11 is 6.01. The lowest BCUT2D eigenvalue weighted by Gasteiger charge is -2.28. The average molecular weight is 444 g/mol. The quantitative estimate of drug-likeness (QED) is 0.323. The normalized spacial score (nSPS) is 13.6. The van der Waals surface area contributed by atoms with Crippen LogP contribution in [0.4, 0.5) is 0 Å². The van der Waals surface area contributed by atoms with Gasteiger partial charge in [-0.15, -0.1) is 10.2 Å². The zero-order valence-electron chi connectivity index (χ0n) is 18.0. The molecule has 31 heavy (non-hydrogen) atoms. The van der Waals surface area contributed by atoms with E-state index in [0.29, 0.717) is 28.4 Å². The highest BCUT2D eigenvalue weighted by molar-refractivity contribution is 6.31. The Morgan fingerprint density at radius 3 is 2.42 bits per heavy atom. The van der Waals surface area contributed by atoms with Crippen LogP contribution >= 0.6 is 11.6 Å². The summed E-state index contributed by atoms with van der Waals surface area (Å²) in [7, 11) is 0. The van der Waals surface area contributed by atoms with Gasteiger partial charge in [-0.3, -0.25) is 0 Å². The monoisotopic (exact) mass is 443 g/mol. The molecular weight excluding hydrogens is 418 g/mol. The van der Waals surface area contributed by atoms with Crippen LogP contribution in [0.2, 0.25) is 5.02 Å². The summed E-state index contributed by atoms with van der Waals surface area (Å²) in [5, 5.41) is 20.0. The Morgan fingerprint density at radius 1 is 1.16 bits per heavy atom. The highest BCUT2D eigenvalue weighted by atomic mass is 35.5. The number of ether oxygens (including phenoxy) is 2. The molecular formula is C23H26ClN3O4. The van der Waals surface area contributed by atoms with Crippen molar-refractivity contribution in [2.45, 2.75) is 46.5 Å². The van der Waals surface area contributed by atoms with Gasteiger partial charge in [0.1, 0.15) is 22.9 Å². The molecule has 0 aliphatic heterocycles. The number of carbonyl (C=O) groups is 1. The summed E-state index contributed by atoms with van der Waals surface area (Å²) in [6.07, 6.45) is -1.79. The summed E-state index contributed by atoms with van der Waals surface area (Å²) in [6, 6.07) is 12.2. The van der Waals surface area contributed by atoms with Crippen LogP contribution in [0.25, 0.3) is 16.7 Å². The first-order valence-corrected chi connectivity index (χ1v) is 10.2. The summed E-state index contributed by atoms with van der Waals surface area (Å²) in [5.41, 5.74) is 2.16. The van der Waals surface area contributed by atoms with E-state index in [1.54, 1.807) is 49.4 Å². The van der Waals surface area contributed by atoms with Gasteiger partial charge < -0.3 is 14.6 Å². The van der Waals surface area contributed by atoms with E-state index in [0.717, 1.165) is 5.52 Å². The molecule has 0 aliphatic rings. The number of carbonyl (C=O) groups excluding carboxylic acids is 1. The van der Waals surface area contributed by atoms with Gasteiger partial charge >= 0.3 is 5.97 Å². The molecule has 0 saturated heterocycles. The lowest BCUT2D eigenvalue weighted by Crippen LogP contribution is -2.38. The van der Waals surface area contributed by atoms with Crippen LogP contribution in [-0.4, -0.2) is 38.5 Å². The van der Waals surface area contributed by atoms with Gasteiger partial charge in [-0.1, -0.05) is 39.0 Å². The van der Waals surface area contributed by atoms with Crippen LogP contribution in [0.3, 0.4) is 0 Å². The average Bonchev–Trinajstić information content (AvgIpc) is 3.09. The standard InChI is InChI=1S/C23H26ClN3O4/c1-14(2)21(29)31-22(20(28)13-23(3,4)5)30-17-9-7-16(8-10-17)27-25-18-11-6-15(24)12-19(18)26-27/h6-12,20,22,28H,1,13H2,2-5H3. The van der Waals surface area contributed by atoms with Gasteiger partial charge in [0.2, 0.25) is 0 Å². The van der Waals surface area contributed by atoms with Crippen molar-refractivity contribution in [3.05, 3.63) is 59.6 Å². The number of rotatable bonds is 7. The molecule has 1 heterocycles. The molecule has 0 aliphatic carbocycles. The number of benzene rings is 2. The van der Waals surface area contributed by atoms with E-state index >= 15 is 0 Å². The minimum atomic E-state index is -1.16. The molecule has 3 rings (SSSR count). The SMILES string of the molecule is C=C(C)C(=O)OC(Oc1ccc(-n2nc3ccc(Cl)cc3n2)cc1)C(O)CC(C)(C)C. The molecule has 0 amide bonds. The van der Waals surface area contributed by atoms with Crippen molar-refractivity contribution in [1.82, 2.24) is 15.0 Å². The van der Waals surface area contributed by atoms with Crippen molar-refractivity contribution in [2.75, 3.05) is 0 Å². The summed E-state index contributed by atoms with van der Waals surface area (Å²) < 4.78 is 11.1. The summed E-state index contributed by atoms with van der Waals surface area (Å²) in [4.78, 5) is 13.5. The van der Waals surface area contributed by atoms with E-state index in [-0.39, 0.29) is 11.0 Å². The van der Waals surface area contributed by atoms with Crippen LogP contribution in [0.15, 0.2) is 54.6 Å². The summed E-state index contributed by atoms with van der Waals surface area (Å²) in [6.45, 7) is 11.1. The summed E-state index contributed by atoms with van der Waals surface area (Å²) in [5.74, 6) is -0.198. The first-order valence-electron chi connectivity index (χ1n) is 9.86. The maximum Gasteiger partial charge on any atom is 0.336 e. The predicted molar refractivity (Wildman–Crippen MR) is 119 cm³/mol. The van der Waals surface area contributed by atoms with E-state index in [9.17, 15) is 9.90 Å². The topological polar surface area (TPSA) is 86.5 Å². The second-order valence-electron chi connectivity index (χ2n) is 8.62. The highest BCUT2D eigenvalue weighted by Gasteiger charge is 2.29. The number of fused-ring (bicyclic) bond motifs is 1. The van der Waals surface area contributed by atoms with Gasteiger partial charge in [0.15, 0.2) is 0 Å². The Balaban J connectivity index is 1.79. The Labute approximate surface area is 186 Å². The predicted octanol–water partition coefficient (Wildman–Crippen LogP) is 4.70. The van der Waals surface area contributed by atoms with Gasteiger partial charge in [0, 0.05) is 10.6 Å². The second-order valence-corrected chi connectivity index (χ2v) is 9.06. The third-order valence-electron chi connectivity index (χ3n) is 4.37. The highest BCUT2D eigenvalue weighted by Crippen LogP contribution is 2.26. The third kappa shape index (κ3) is 6.06. The molecule has 1 aromatic heterocycles. The molecule has 0 spiro atoms. The van der Waals surface area contributed by atoms with Gasteiger partial charge in [0.05, 0.1) is 5.69 Å². The second kappa shape index (κ2) is 9.08. The van der Waals surface area contributed by atoms with Crippen molar-refractivity contribution in [3.63, 3.8) is 0 Å². The van der Waals surface area contributed by atoms with Crippen molar-refractivity contribution in [1.29, 1.82) is 0 Å².